The topological polar surface area (TPSA) is 78.9 Å². The third-order valence-electron chi connectivity index (χ3n) is 1.77. The summed E-state index contributed by atoms with van der Waals surface area (Å²) >= 11 is 0. The molecule has 0 aromatic carbocycles. The monoisotopic (exact) mass is 252 g/mol. The van der Waals surface area contributed by atoms with Gasteiger partial charge in [-0.15, -0.1) is 0 Å². The van der Waals surface area contributed by atoms with Crippen molar-refractivity contribution >= 4 is 16.3 Å². The van der Waals surface area contributed by atoms with Crippen LogP contribution in [0.4, 0.5) is 4.79 Å². The predicted octanol–water partition coefficient (Wildman–Crippen LogP) is 1.40. The molecule has 0 aromatic rings. The Balaban J connectivity index is 2.57. The molecule has 1 saturated heterocycles. The van der Waals surface area contributed by atoms with Gasteiger partial charge in [0.2, 0.25) is 5.44 Å². The van der Waals surface area contributed by atoms with Crippen LogP contribution in [0.15, 0.2) is 0 Å². The molecule has 1 fully saturated rings. The number of rotatable bonds is 1. The smallest absolute Gasteiger partial charge is 0.429 e. The quantitative estimate of drug-likeness (QED) is 0.518. The Morgan fingerprint density at radius 2 is 2.00 bits per heavy atom. The lowest BCUT2D eigenvalue weighted by molar-refractivity contribution is -0.0190. The van der Waals surface area contributed by atoms with Gasteiger partial charge in [-0.25, -0.2) is 4.79 Å². The Labute approximate surface area is 95.0 Å². The predicted molar refractivity (Wildman–Crippen MR) is 55.2 cm³/mol. The van der Waals surface area contributed by atoms with Gasteiger partial charge in [-0.05, 0) is 27.2 Å². The van der Waals surface area contributed by atoms with E-state index in [-0.39, 0.29) is 13.0 Å². The summed E-state index contributed by atoms with van der Waals surface area (Å²) in [5.41, 5.74) is -1.97. The van der Waals surface area contributed by atoms with Crippen molar-refractivity contribution in [2.45, 2.75) is 44.6 Å². The number of carbonyl (C=O) groups excluding carboxylic acids is 1. The minimum atomic E-state index is -3.80. The summed E-state index contributed by atoms with van der Waals surface area (Å²) in [6.45, 7) is 5.14. The Morgan fingerprint density at radius 1 is 1.38 bits per heavy atom. The van der Waals surface area contributed by atoms with Crippen LogP contribution in [0.3, 0.4) is 0 Å². The summed E-state index contributed by atoms with van der Waals surface area (Å²) in [5.74, 6) is 0. The lowest BCUT2D eigenvalue weighted by Crippen LogP contribution is -2.35. The molecule has 1 atom stereocenters. The van der Waals surface area contributed by atoms with Crippen molar-refractivity contribution in [1.82, 2.24) is 0 Å². The van der Waals surface area contributed by atoms with E-state index in [0.29, 0.717) is 6.42 Å². The molecule has 0 saturated carbocycles. The van der Waals surface area contributed by atoms with Crippen LogP contribution in [0.5, 0.6) is 0 Å². The molecule has 6 nitrogen and oxygen atoms in total. The van der Waals surface area contributed by atoms with Crippen molar-refractivity contribution in [3.63, 3.8) is 0 Å². The maximum absolute atomic E-state index is 11.3. The second-order valence-electron chi connectivity index (χ2n) is 4.47. The molecule has 1 aliphatic heterocycles. The molecule has 94 valence electrons. The van der Waals surface area contributed by atoms with Gasteiger partial charge in [0.25, 0.3) is 0 Å². The summed E-state index contributed by atoms with van der Waals surface area (Å²) < 4.78 is 36.8. The molecule has 1 aliphatic rings. The van der Waals surface area contributed by atoms with Gasteiger partial charge in [0.1, 0.15) is 5.60 Å². The van der Waals surface area contributed by atoms with Crippen LogP contribution in [0.25, 0.3) is 0 Å². The normalized spacial score (nSPS) is 24.8. The summed E-state index contributed by atoms with van der Waals surface area (Å²) in [4.78, 5) is 11.3. The summed E-state index contributed by atoms with van der Waals surface area (Å²) in [5, 5.41) is 0. The molecule has 16 heavy (non-hydrogen) atoms. The van der Waals surface area contributed by atoms with E-state index in [4.69, 9.17) is 9.47 Å². The van der Waals surface area contributed by atoms with Crippen LogP contribution < -0.4 is 0 Å². The van der Waals surface area contributed by atoms with Crippen molar-refractivity contribution in [2.75, 3.05) is 6.61 Å². The van der Waals surface area contributed by atoms with E-state index < -0.39 is 27.3 Å². The second-order valence-corrected chi connectivity index (χ2v) is 6.22. The first-order valence-electron chi connectivity index (χ1n) is 4.98. The lowest BCUT2D eigenvalue weighted by atomic mass is 10.2. The molecule has 1 unspecified atom stereocenters. The first-order valence-corrected chi connectivity index (χ1v) is 6.46. The first kappa shape index (κ1) is 13.2. The van der Waals surface area contributed by atoms with Crippen molar-refractivity contribution in [1.29, 1.82) is 0 Å². The molecule has 0 bridgehead atoms. The van der Waals surface area contributed by atoms with Crippen molar-refractivity contribution in [3.8, 4) is 0 Å². The fraction of sp³-hybridized carbons (Fsp3) is 0.889. The molecule has 7 heteroatoms. The molecule has 0 radical (unpaired) electrons. The number of carbonyl (C=O) groups is 1. The lowest BCUT2D eigenvalue weighted by Gasteiger charge is -2.24. The first-order chi connectivity index (χ1) is 7.21. The second kappa shape index (κ2) is 4.58. The van der Waals surface area contributed by atoms with Crippen LogP contribution in [0.1, 0.15) is 33.6 Å². The van der Waals surface area contributed by atoms with E-state index in [9.17, 15) is 13.2 Å². The zero-order valence-corrected chi connectivity index (χ0v) is 10.4. The largest absolute Gasteiger partial charge is 0.510 e. The summed E-state index contributed by atoms with van der Waals surface area (Å²) in [7, 11) is -3.80. The SMILES string of the molecule is CC(C)(C)OC(=O)OC1CCCOS1(=O)=O. The highest BCUT2D eigenvalue weighted by Crippen LogP contribution is 2.20. The van der Waals surface area contributed by atoms with Gasteiger partial charge >= 0.3 is 16.3 Å². The average Bonchev–Trinajstić information content (AvgIpc) is 2.05. The highest BCUT2D eigenvalue weighted by Gasteiger charge is 2.34. The molecular formula is C9H16O6S. The van der Waals surface area contributed by atoms with E-state index in [0.717, 1.165) is 0 Å². The molecule has 0 aliphatic carbocycles. The van der Waals surface area contributed by atoms with Crippen molar-refractivity contribution in [3.05, 3.63) is 0 Å². The third-order valence-corrected chi connectivity index (χ3v) is 3.24. The van der Waals surface area contributed by atoms with Gasteiger partial charge < -0.3 is 9.47 Å². The zero-order valence-electron chi connectivity index (χ0n) is 9.56. The molecule has 0 amide bonds. The molecular weight excluding hydrogens is 236 g/mol. The molecule has 1 heterocycles. The zero-order chi connectivity index (χ0) is 12.4. The number of hydrogen-bond donors (Lipinski definition) is 0. The van der Waals surface area contributed by atoms with E-state index in [1.807, 2.05) is 0 Å². The standard InChI is InChI=1S/C9H16O6S/c1-9(2,3)15-8(10)14-7-5-4-6-13-16(7,11)12/h7H,4-6H2,1-3H3. The fourth-order valence-electron chi connectivity index (χ4n) is 1.14. The van der Waals surface area contributed by atoms with Crippen LogP contribution in [0, 0.1) is 0 Å². The maximum Gasteiger partial charge on any atom is 0.510 e. The Morgan fingerprint density at radius 3 is 2.50 bits per heavy atom. The van der Waals surface area contributed by atoms with Crippen molar-refractivity contribution in [2.24, 2.45) is 0 Å². The van der Waals surface area contributed by atoms with E-state index in [1.54, 1.807) is 20.8 Å². The van der Waals surface area contributed by atoms with Gasteiger partial charge in [-0.3, -0.25) is 4.18 Å². The minimum absolute atomic E-state index is 0.135. The van der Waals surface area contributed by atoms with E-state index >= 15 is 0 Å². The molecule has 0 spiro atoms. The van der Waals surface area contributed by atoms with Gasteiger partial charge in [-0.2, -0.15) is 8.42 Å². The summed E-state index contributed by atoms with van der Waals surface area (Å²) in [6, 6.07) is 0. The van der Waals surface area contributed by atoms with Gasteiger partial charge in [0.15, 0.2) is 0 Å². The van der Waals surface area contributed by atoms with Crippen LogP contribution in [0.2, 0.25) is 0 Å². The van der Waals surface area contributed by atoms with Gasteiger partial charge in [-0.1, -0.05) is 0 Å². The van der Waals surface area contributed by atoms with Crippen LogP contribution >= 0.6 is 0 Å². The Kier molecular flexibility index (Phi) is 3.80. The maximum atomic E-state index is 11.3. The summed E-state index contributed by atoms with van der Waals surface area (Å²) in [6.07, 6.45) is -0.222. The van der Waals surface area contributed by atoms with Gasteiger partial charge in [0.05, 0.1) is 6.61 Å². The van der Waals surface area contributed by atoms with Crippen molar-refractivity contribution < 1.29 is 26.9 Å². The molecule has 1 rings (SSSR count). The Bertz CT molecular complexity index is 353. The number of ether oxygens (including phenoxy) is 2. The molecule has 0 N–H and O–H groups in total. The highest BCUT2D eigenvalue weighted by molar-refractivity contribution is 7.87. The third kappa shape index (κ3) is 3.97. The van der Waals surface area contributed by atoms with E-state index in [1.165, 1.54) is 0 Å². The minimum Gasteiger partial charge on any atom is -0.429 e. The van der Waals surface area contributed by atoms with Gasteiger partial charge in [0, 0.05) is 6.42 Å². The van der Waals surface area contributed by atoms with E-state index in [2.05, 4.69) is 4.18 Å². The van der Waals surface area contributed by atoms with Crippen LogP contribution in [-0.4, -0.2) is 32.2 Å². The fourth-order valence-corrected chi connectivity index (χ4v) is 2.30. The van der Waals surface area contributed by atoms with Crippen LogP contribution in [-0.2, 0) is 23.8 Å². The highest BCUT2D eigenvalue weighted by atomic mass is 32.2. The molecule has 0 aromatic heterocycles. The number of hydrogen-bond acceptors (Lipinski definition) is 6. The Hall–Kier alpha value is -0.820. The average molecular weight is 252 g/mol.